The van der Waals surface area contributed by atoms with Crippen LogP contribution in [0, 0.1) is 17.8 Å². The van der Waals surface area contributed by atoms with Crippen LogP contribution in [0.5, 0.6) is 0 Å². The van der Waals surface area contributed by atoms with Gasteiger partial charge in [0.25, 0.3) is 0 Å². The molecule has 1 unspecified atom stereocenters. The molecule has 0 radical (unpaired) electrons. The third-order valence-corrected chi connectivity index (χ3v) is 4.07. The van der Waals surface area contributed by atoms with Crippen molar-refractivity contribution in [2.24, 2.45) is 5.92 Å². The van der Waals surface area contributed by atoms with Crippen LogP contribution < -0.4 is 0 Å². The van der Waals surface area contributed by atoms with Gasteiger partial charge in [0.15, 0.2) is 0 Å². The summed E-state index contributed by atoms with van der Waals surface area (Å²) in [6.07, 6.45) is 1.78. The molecule has 0 aliphatic rings. The Hall–Kier alpha value is -0.820. The van der Waals surface area contributed by atoms with Crippen molar-refractivity contribution in [2.75, 3.05) is 13.7 Å². The molecular weight excluding hydrogens is 254 g/mol. The van der Waals surface area contributed by atoms with Gasteiger partial charge in [0.1, 0.15) is 0 Å². The zero-order chi connectivity index (χ0) is 14.3. The van der Waals surface area contributed by atoms with E-state index in [-0.39, 0.29) is 6.61 Å². The van der Waals surface area contributed by atoms with Crippen molar-refractivity contribution in [2.45, 2.75) is 46.2 Å². The molecule has 1 aromatic rings. The van der Waals surface area contributed by atoms with E-state index in [0.29, 0.717) is 12.5 Å². The molecule has 1 aromatic heterocycles. The Morgan fingerprint density at radius 3 is 2.68 bits per heavy atom. The summed E-state index contributed by atoms with van der Waals surface area (Å²) >= 11 is 1.75. The molecule has 2 nitrogen and oxygen atoms in total. The molecular formula is C16H25NOS. The predicted molar refractivity (Wildman–Crippen MR) is 83.3 cm³/mol. The van der Waals surface area contributed by atoms with Crippen LogP contribution in [0.1, 0.15) is 43.4 Å². The summed E-state index contributed by atoms with van der Waals surface area (Å²) in [4.78, 5) is 4.84. The Bertz CT molecular complexity index is 427. The van der Waals surface area contributed by atoms with E-state index in [1.54, 1.807) is 11.3 Å². The maximum absolute atomic E-state index is 8.70. The number of aliphatic hydroxyl groups excluding tert-OH is 1. The third kappa shape index (κ3) is 6.24. The van der Waals surface area contributed by atoms with Crippen LogP contribution in [0.15, 0.2) is 12.1 Å². The first-order valence-corrected chi connectivity index (χ1v) is 7.73. The second-order valence-electron chi connectivity index (χ2n) is 5.44. The first-order chi connectivity index (χ1) is 9.02. The van der Waals surface area contributed by atoms with Gasteiger partial charge in [0.2, 0.25) is 0 Å². The van der Waals surface area contributed by atoms with Crippen molar-refractivity contribution >= 4 is 11.3 Å². The summed E-state index contributed by atoms with van der Waals surface area (Å²) < 4.78 is 0. The number of thiophene rings is 1. The summed E-state index contributed by atoms with van der Waals surface area (Å²) in [5, 5.41) is 8.70. The van der Waals surface area contributed by atoms with Crippen molar-refractivity contribution in [3.05, 3.63) is 21.9 Å². The molecule has 0 spiro atoms. The van der Waals surface area contributed by atoms with Crippen LogP contribution in [0.25, 0.3) is 0 Å². The van der Waals surface area contributed by atoms with Crippen molar-refractivity contribution in [1.82, 2.24) is 4.90 Å². The van der Waals surface area contributed by atoms with Gasteiger partial charge in [-0.1, -0.05) is 25.7 Å². The quantitative estimate of drug-likeness (QED) is 0.807. The Balaban J connectivity index is 2.51. The summed E-state index contributed by atoms with van der Waals surface area (Å²) in [7, 11) is 2.18. The lowest BCUT2D eigenvalue weighted by Crippen LogP contribution is -2.29. The van der Waals surface area contributed by atoms with E-state index < -0.39 is 0 Å². The van der Waals surface area contributed by atoms with E-state index in [2.05, 4.69) is 56.7 Å². The van der Waals surface area contributed by atoms with Crippen molar-refractivity contribution in [3.63, 3.8) is 0 Å². The molecule has 1 atom stereocenters. The van der Waals surface area contributed by atoms with Crippen LogP contribution in [0.4, 0.5) is 0 Å². The lowest BCUT2D eigenvalue weighted by molar-refractivity contribution is 0.222. The average Bonchev–Trinajstić information content (AvgIpc) is 2.76. The molecule has 19 heavy (non-hydrogen) atoms. The minimum Gasteiger partial charge on any atom is -0.395 e. The molecule has 3 heteroatoms. The van der Waals surface area contributed by atoms with Gasteiger partial charge >= 0.3 is 0 Å². The maximum atomic E-state index is 8.70. The van der Waals surface area contributed by atoms with Crippen molar-refractivity contribution < 1.29 is 5.11 Å². The fourth-order valence-electron chi connectivity index (χ4n) is 2.00. The Morgan fingerprint density at radius 1 is 1.32 bits per heavy atom. The van der Waals surface area contributed by atoms with Gasteiger partial charge in [-0.25, -0.2) is 0 Å². The topological polar surface area (TPSA) is 23.5 Å². The van der Waals surface area contributed by atoms with E-state index in [1.807, 2.05) is 0 Å². The molecule has 0 amide bonds. The zero-order valence-corrected chi connectivity index (χ0v) is 13.3. The molecule has 0 aliphatic heterocycles. The van der Waals surface area contributed by atoms with Crippen LogP contribution >= 0.6 is 11.3 Å². The summed E-state index contributed by atoms with van der Waals surface area (Å²) in [5.74, 6) is 6.79. The highest BCUT2D eigenvalue weighted by molar-refractivity contribution is 7.12. The molecule has 106 valence electrons. The lowest BCUT2D eigenvalue weighted by Gasteiger charge is -2.25. The number of nitrogens with zero attached hydrogens (tertiary/aromatic N) is 1. The summed E-state index contributed by atoms with van der Waals surface area (Å²) in [6.45, 7) is 7.95. The van der Waals surface area contributed by atoms with Crippen LogP contribution in [0.3, 0.4) is 0 Å². The summed E-state index contributed by atoms with van der Waals surface area (Å²) in [5.41, 5.74) is 0. The first kappa shape index (κ1) is 16.2. The molecule has 0 fully saturated rings. The van der Waals surface area contributed by atoms with Crippen LogP contribution in [0.2, 0.25) is 0 Å². The monoisotopic (exact) mass is 279 g/mol. The van der Waals surface area contributed by atoms with Gasteiger partial charge < -0.3 is 5.11 Å². The third-order valence-electron chi connectivity index (χ3n) is 3.08. The molecule has 0 saturated carbocycles. The van der Waals surface area contributed by atoms with Crippen LogP contribution in [-0.2, 0) is 6.54 Å². The number of rotatable bonds is 6. The zero-order valence-electron chi connectivity index (χ0n) is 12.4. The minimum atomic E-state index is 0.140. The van der Waals surface area contributed by atoms with Gasteiger partial charge in [-0.05, 0) is 38.4 Å². The number of hydrogen-bond acceptors (Lipinski definition) is 3. The molecule has 0 bridgehead atoms. The normalized spacial score (nSPS) is 12.6. The Labute approximate surface area is 121 Å². The van der Waals surface area contributed by atoms with E-state index in [0.717, 1.165) is 17.3 Å². The highest BCUT2D eigenvalue weighted by atomic mass is 32.1. The highest BCUT2D eigenvalue weighted by Gasteiger charge is 2.12. The smallest absolute Gasteiger partial charge is 0.0771 e. The van der Waals surface area contributed by atoms with Gasteiger partial charge in [0.05, 0.1) is 11.5 Å². The minimum absolute atomic E-state index is 0.140. The summed E-state index contributed by atoms with van der Waals surface area (Å²) in [6, 6.07) is 4.84. The van der Waals surface area contributed by atoms with Gasteiger partial charge in [-0.2, -0.15) is 0 Å². The second-order valence-corrected chi connectivity index (χ2v) is 6.60. The Morgan fingerprint density at radius 2 is 2.05 bits per heavy atom. The highest BCUT2D eigenvalue weighted by Crippen LogP contribution is 2.19. The standard InChI is InChI=1S/C16H25NOS/c1-13(2)11-14(3)17(4)12-16-9-8-15(19-16)7-5-6-10-18/h8-9,13-14,18H,6,10-12H2,1-4H3. The van der Waals surface area contributed by atoms with Gasteiger partial charge in [0, 0.05) is 23.9 Å². The molecule has 1 heterocycles. The van der Waals surface area contributed by atoms with Crippen molar-refractivity contribution in [1.29, 1.82) is 0 Å². The van der Waals surface area contributed by atoms with Crippen molar-refractivity contribution in [3.8, 4) is 11.8 Å². The molecule has 1 N–H and O–H groups in total. The fraction of sp³-hybridized carbons (Fsp3) is 0.625. The molecule has 1 rings (SSSR count). The van der Waals surface area contributed by atoms with E-state index >= 15 is 0 Å². The predicted octanol–water partition coefficient (Wildman–Crippen LogP) is 3.35. The fourth-order valence-corrected chi connectivity index (χ4v) is 2.95. The van der Waals surface area contributed by atoms with E-state index in [9.17, 15) is 0 Å². The number of aliphatic hydroxyl groups is 1. The van der Waals surface area contributed by atoms with E-state index in [1.165, 1.54) is 11.3 Å². The number of hydrogen-bond donors (Lipinski definition) is 1. The molecule has 0 aromatic carbocycles. The second kappa shape index (κ2) is 8.37. The van der Waals surface area contributed by atoms with Gasteiger partial charge in [-0.3, -0.25) is 4.90 Å². The molecule has 0 aliphatic carbocycles. The van der Waals surface area contributed by atoms with E-state index in [4.69, 9.17) is 5.11 Å². The largest absolute Gasteiger partial charge is 0.395 e. The average molecular weight is 279 g/mol. The maximum Gasteiger partial charge on any atom is 0.0771 e. The Kier molecular flexibility index (Phi) is 7.15. The lowest BCUT2D eigenvalue weighted by atomic mass is 10.0. The molecule has 0 saturated heterocycles. The first-order valence-electron chi connectivity index (χ1n) is 6.91. The van der Waals surface area contributed by atoms with Crippen LogP contribution in [-0.4, -0.2) is 29.7 Å². The van der Waals surface area contributed by atoms with Gasteiger partial charge in [-0.15, -0.1) is 11.3 Å². The SMILES string of the molecule is CC(C)CC(C)N(C)Cc1ccc(C#CCCO)s1.